The van der Waals surface area contributed by atoms with Crippen LogP contribution in [0.4, 0.5) is 5.69 Å². The van der Waals surface area contributed by atoms with E-state index >= 15 is 0 Å². The Hall–Kier alpha value is -2.84. The summed E-state index contributed by atoms with van der Waals surface area (Å²) in [6, 6.07) is 20.4. The normalized spacial score (nSPS) is 15.7. The lowest BCUT2D eigenvalue weighted by Gasteiger charge is -2.37. The van der Waals surface area contributed by atoms with Gasteiger partial charge in [-0.3, -0.25) is 9.69 Å². The summed E-state index contributed by atoms with van der Waals surface area (Å²) in [5.74, 6) is 0.201. The predicted octanol–water partition coefficient (Wildman–Crippen LogP) is 3.09. The smallest absolute Gasteiger partial charge is 0.222 e. The van der Waals surface area contributed by atoms with Gasteiger partial charge in [-0.1, -0.05) is 42.5 Å². The lowest BCUT2D eigenvalue weighted by molar-refractivity contribution is -0.133. The zero-order valence-electron chi connectivity index (χ0n) is 16.7. The van der Waals surface area contributed by atoms with Crippen molar-refractivity contribution in [2.24, 2.45) is 0 Å². The van der Waals surface area contributed by atoms with Crippen molar-refractivity contribution < 1.29 is 4.79 Å². The minimum absolute atomic E-state index is 0.201. The molecular formula is C23H28N4O. The number of rotatable bonds is 6. The summed E-state index contributed by atoms with van der Waals surface area (Å²) in [6.07, 6.45) is 1.32. The molecule has 1 amide bonds. The highest BCUT2D eigenvalue weighted by atomic mass is 16.2. The number of nitriles is 1. The van der Waals surface area contributed by atoms with E-state index in [1.165, 1.54) is 5.56 Å². The van der Waals surface area contributed by atoms with Crippen LogP contribution in [-0.4, -0.2) is 56.0 Å². The third-order valence-corrected chi connectivity index (χ3v) is 5.35. The van der Waals surface area contributed by atoms with E-state index in [4.69, 9.17) is 0 Å². The van der Waals surface area contributed by atoms with Crippen LogP contribution in [0.3, 0.4) is 0 Å². The number of carbonyl (C=O) groups excluding carboxylic acids is 1. The maximum absolute atomic E-state index is 12.5. The molecule has 3 rings (SSSR count). The maximum atomic E-state index is 12.5. The fourth-order valence-electron chi connectivity index (χ4n) is 3.61. The number of nitrogens with zero attached hydrogens (tertiary/aromatic N) is 4. The lowest BCUT2D eigenvalue weighted by atomic mass is 10.0. The van der Waals surface area contributed by atoms with Crippen LogP contribution in [0, 0.1) is 11.3 Å². The molecule has 1 unspecified atom stereocenters. The van der Waals surface area contributed by atoms with Gasteiger partial charge in [0, 0.05) is 52.4 Å². The number of piperazine rings is 1. The molecule has 0 spiro atoms. The zero-order chi connectivity index (χ0) is 19.9. The molecule has 5 heteroatoms. The molecule has 0 aliphatic carbocycles. The average molecular weight is 377 g/mol. The van der Waals surface area contributed by atoms with Gasteiger partial charge in [0.2, 0.25) is 5.91 Å². The van der Waals surface area contributed by atoms with Crippen LogP contribution in [0.25, 0.3) is 0 Å². The Morgan fingerprint density at radius 3 is 2.25 bits per heavy atom. The average Bonchev–Trinajstić information content (AvgIpc) is 2.74. The molecule has 1 atom stereocenters. The van der Waals surface area contributed by atoms with Crippen LogP contribution in [0.5, 0.6) is 0 Å². The van der Waals surface area contributed by atoms with Gasteiger partial charge in [0.15, 0.2) is 0 Å². The zero-order valence-corrected chi connectivity index (χ0v) is 16.7. The fraction of sp³-hybridized carbons (Fsp3) is 0.391. The number of aryl methyl sites for hydroxylation is 1. The van der Waals surface area contributed by atoms with Crippen molar-refractivity contribution in [3.8, 4) is 6.07 Å². The van der Waals surface area contributed by atoms with Crippen LogP contribution >= 0.6 is 0 Å². The largest absolute Gasteiger partial charge is 0.378 e. The minimum atomic E-state index is -0.266. The van der Waals surface area contributed by atoms with Gasteiger partial charge in [-0.15, -0.1) is 0 Å². The first-order valence-electron chi connectivity index (χ1n) is 9.81. The second kappa shape index (κ2) is 9.38. The van der Waals surface area contributed by atoms with E-state index in [9.17, 15) is 10.1 Å². The number of anilines is 1. The van der Waals surface area contributed by atoms with Crippen molar-refractivity contribution in [3.63, 3.8) is 0 Å². The molecule has 1 aliphatic rings. The van der Waals surface area contributed by atoms with Crippen LogP contribution < -0.4 is 4.90 Å². The first-order valence-corrected chi connectivity index (χ1v) is 9.81. The van der Waals surface area contributed by atoms with Crippen LogP contribution in [-0.2, 0) is 11.2 Å². The molecule has 2 aromatic rings. The van der Waals surface area contributed by atoms with Crippen molar-refractivity contribution in [3.05, 3.63) is 65.7 Å². The Morgan fingerprint density at radius 1 is 1.04 bits per heavy atom. The number of benzene rings is 2. The topological polar surface area (TPSA) is 50.6 Å². The van der Waals surface area contributed by atoms with Crippen molar-refractivity contribution >= 4 is 11.6 Å². The molecule has 2 aromatic carbocycles. The molecule has 146 valence electrons. The summed E-state index contributed by atoms with van der Waals surface area (Å²) in [6.45, 7) is 2.82. The Kier molecular flexibility index (Phi) is 6.67. The molecule has 0 saturated carbocycles. The van der Waals surface area contributed by atoms with E-state index in [1.807, 2.05) is 66.4 Å². The molecule has 0 bridgehead atoms. The van der Waals surface area contributed by atoms with Crippen molar-refractivity contribution in [1.82, 2.24) is 9.80 Å². The maximum Gasteiger partial charge on any atom is 0.222 e. The van der Waals surface area contributed by atoms with E-state index in [0.717, 1.165) is 30.8 Å². The van der Waals surface area contributed by atoms with Crippen LogP contribution in [0.2, 0.25) is 0 Å². The van der Waals surface area contributed by atoms with Crippen molar-refractivity contribution in [1.29, 1.82) is 5.26 Å². The standard InChI is InChI=1S/C23H28N4O/c1-25(2)21-11-9-20(10-12-21)22(18-24)26-14-16-27(17-15-26)23(28)13-8-19-6-4-3-5-7-19/h3-7,9-12,22H,8,13-17H2,1-2H3. The van der Waals surface area contributed by atoms with Gasteiger partial charge in [0.25, 0.3) is 0 Å². The summed E-state index contributed by atoms with van der Waals surface area (Å²) in [4.78, 5) is 18.7. The Morgan fingerprint density at radius 2 is 1.68 bits per heavy atom. The van der Waals surface area contributed by atoms with E-state index in [1.54, 1.807) is 0 Å². The fourth-order valence-corrected chi connectivity index (χ4v) is 3.61. The first-order chi connectivity index (χ1) is 13.6. The third kappa shape index (κ3) is 4.90. The van der Waals surface area contributed by atoms with E-state index < -0.39 is 0 Å². The van der Waals surface area contributed by atoms with E-state index in [2.05, 4.69) is 23.1 Å². The Bertz CT molecular complexity index is 803. The monoisotopic (exact) mass is 376 g/mol. The summed E-state index contributed by atoms with van der Waals surface area (Å²) >= 11 is 0. The summed E-state index contributed by atoms with van der Waals surface area (Å²) in [7, 11) is 4.01. The SMILES string of the molecule is CN(C)c1ccc(C(C#N)N2CCN(C(=O)CCc3ccccc3)CC2)cc1. The number of carbonyl (C=O) groups is 1. The molecule has 1 heterocycles. The van der Waals surface area contributed by atoms with Gasteiger partial charge in [0.05, 0.1) is 6.07 Å². The summed E-state index contributed by atoms with van der Waals surface area (Å²) < 4.78 is 0. The molecule has 5 nitrogen and oxygen atoms in total. The number of hydrogen-bond acceptors (Lipinski definition) is 4. The quantitative estimate of drug-likeness (QED) is 0.777. The van der Waals surface area contributed by atoms with Crippen molar-refractivity contribution in [2.75, 3.05) is 45.2 Å². The molecule has 0 aromatic heterocycles. The molecular weight excluding hydrogens is 348 g/mol. The van der Waals surface area contributed by atoms with E-state index in [0.29, 0.717) is 19.5 Å². The second-order valence-electron chi connectivity index (χ2n) is 7.42. The number of hydrogen-bond donors (Lipinski definition) is 0. The van der Waals surface area contributed by atoms with Gasteiger partial charge in [-0.05, 0) is 29.7 Å². The molecule has 28 heavy (non-hydrogen) atoms. The molecule has 1 fully saturated rings. The Balaban J connectivity index is 1.53. The van der Waals surface area contributed by atoms with Gasteiger partial charge in [-0.25, -0.2) is 0 Å². The molecule has 0 radical (unpaired) electrons. The van der Waals surface area contributed by atoms with Gasteiger partial charge >= 0.3 is 0 Å². The molecule has 0 N–H and O–H groups in total. The number of amides is 1. The highest BCUT2D eigenvalue weighted by molar-refractivity contribution is 5.76. The first kappa shape index (κ1) is 19.9. The summed E-state index contributed by atoms with van der Waals surface area (Å²) in [5.41, 5.74) is 3.33. The third-order valence-electron chi connectivity index (χ3n) is 5.35. The van der Waals surface area contributed by atoms with Crippen molar-refractivity contribution in [2.45, 2.75) is 18.9 Å². The van der Waals surface area contributed by atoms with Crippen LogP contribution in [0.15, 0.2) is 54.6 Å². The van der Waals surface area contributed by atoms with Gasteiger partial charge < -0.3 is 9.80 Å². The summed E-state index contributed by atoms with van der Waals surface area (Å²) in [5, 5.41) is 9.71. The Labute approximate surface area is 167 Å². The van der Waals surface area contributed by atoms with E-state index in [-0.39, 0.29) is 11.9 Å². The molecule has 1 aliphatic heterocycles. The predicted molar refractivity (Wildman–Crippen MR) is 112 cm³/mol. The van der Waals surface area contributed by atoms with Crippen LogP contribution in [0.1, 0.15) is 23.6 Å². The molecule has 1 saturated heterocycles. The van der Waals surface area contributed by atoms with Gasteiger partial charge in [-0.2, -0.15) is 5.26 Å². The highest BCUT2D eigenvalue weighted by Gasteiger charge is 2.26. The second-order valence-corrected chi connectivity index (χ2v) is 7.42. The minimum Gasteiger partial charge on any atom is -0.378 e. The van der Waals surface area contributed by atoms with Gasteiger partial charge in [0.1, 0.15) is 6.04 Å². The highest BCUT2D eigenvalue weighted by Crippen LogP contribution is 2.24. The lowest BCUT2D eigenvalue weighted by Crippen LogP contribution is -2.49.